The molecule has 0 bridgehead atoms. The summed E-state index contributed by atoms with van der Waals surface area (Å²) < 4.78 is 32.8. The highest BCUT2D eigenvalue weighted by Crippen LogP contribution is 2.17. The average Bonchev–Trinajstić information content (AvgIpc) is 2.36. The van der Waals surface area contributed by atoms with Crippen LogP contribution in [0, 0.1) is 0 Å². The van der Waals surface area contributed by atoms with E-state index >= 15 is 0 Å². The fourth-order valence-corrected chi connectivity index (χ4v) is 2.71. The second-order valence-electron chi connectivity index (χ2n) is 4.39. The molecule has 1 aromatic carbocycles. The van der Waals surface area contributed by atoms with E-state index in [4.69, 9.17) is 0 Å². The normalized spacial score (nSPS) is 11.9. The Hall–Kier alpha value is -1.93. The molecule has 0 spiro atoms. The summed E-state index contributed by atoms with van der Waals surface area (Å²) in [5.74, 6) is 0. The van der Waals surface area contributed by atoms with Crippen molar-refractivity contribution in [2.24, 2.45) is 0 Å². The first-order valence-electron chi connectivity index (χ1n) is 6.09. The van der Waals surface area contributed by atoms with Crippen LogP contribution in [-0.4, -0.2) is 22.5 Å². The SMILES string of the molecule is CCCCn1c(=O)[nH]c2cccc(S(=O)(=O)O)c2c1=O. The summed E-state index contributed by atoms with van der Waals surface area (Å²) in [6.45, 7) is 2.10. The van der Waals surface area contributed by atoms with Crippen molar-refractivity contribution >= 4 is 21.0 Å². The maximum absolute atomic E-state index is 12.3. The van der Waals surface area contributed by atoms with Crippen LogP contribution < -0.4 is 11.2 Å². The monoisotopic (exact) mass is 298 g/mol. The van der Waals surface area contributed by atoms with Gasteiger partial charge in [0.2, 0.25) is 0 Å². The number of fused-ring (bicyclic) bond motifs is 1. The molecule has 0 saturated carbocycles. The van der Waals surface area contributed by atoms with Gasteiger partial charge in [0.05, 0.1) is 10.9 Å². The van der Waals surface area contributed by atoms with Crippen LogP contribution in [0.25, 0.3) is 10.9 Å². The summed E-state index contributed by atoms with van der Waals surface area (Å²) in [6.07, 6.45) is 1.40. The Morgan fingerprint density at radius 3 is 2.60 bits per heavy atom. The van der Waals surface area contributed by atoms with E-state index in [-0.39, 0.29) is 17.4 Å². The van der Waals surface area contributed by atoms with Gasteiger partial charge in [0.25, 0.3) is 15.7 Å². The number of hydrogen-bond donors (Lipinski definition) is 2. The lowest BCUT2D eigenvalue weighted by molar-refractivity contribution is 0.484. The minimum atomic E-state index is -4.54. The van der Waals surface area contributed by atoms with Gasteiger partial charge < -0.3 is 4.98 Å². The predicted molar refractivity (Wildman–Crippen MR) is 73.6 cm³/mol. The number of aromatic amines is 1. The van der Waals surface area contributed by atoms with Crippen LogP contribution in [0.4, 0.5) is 0 Å². The molecule has 0 atom stereocenters. The lowest BCUT2D eigenvalue weighted by Crippen LogP contribution is -2.35. The van der Waals surface area contributed by atoms with Crippen molar-refractivity contribution in [2.75, 3.05) is 0 Å². The maximum Gasteiger partial charge on any atom is 0.328 e. The van der Waals surface area contributed by atoms with Crippen molar-refractivity contribution < 1.29 is 13.0 Å². The Bertz CT molecular complexity index is 864. The summed E-state index contributed by atoms with van der Waals surface area (Å²) in [4.78, 5) is 26.1. The first kappa shape index (κ1) is 14.5. The van der Waals surface area contributed by atoms with E-state index < -0.39 is 26.3 Å². The van der Waals surface area contributed by atoms with Crippen molar-refractivity contribution in [3.63, 3.8) is 0 Å². The van der Waals surface area contributed by atoms with Gasteiger partial charge in [-0.15, -0.1) is 0 Å². The number of H-pyrrole nitrogens is 1. The molecule has 0 fully saturated rings. The van der Waals surface area contributed by atoms with Gasteiger partial charge in [0, 0.05) is 6.54 Å². The van der Waals surface area contributed by atoms with Crippen LogP contribution in [0.5, 0.6) is 0 Å². The van der Waals surface area contributed by atoms with Crippen LogP contribution in [0.1, 0.15) is 19.8 Å². The van der Waals surface area contributed by atoms with Gasteiger partial charge in [-0.25, -0.2) is 4.79 Å². The number of nitrogens with one attached hydrogen (secondary N) is 1. The summed E-state index contributed by atoms with van der Waals surface area (Å²) in [6, 6.07) is 3.88. The van der Waals surface area contributed by atoms with E-state index in [0.29, 0.717) is 6.42 Å². The van der Waals surface area contributed by atoms with E-state index in [9.17, 15) is 22.6 Å². The molecule has 7 nitrogen and oxygen atoms in total. The Labute approximate surface area is 114 Å². The molecule has 0 radical (unpaired) electrons. The molecule has 0 aliphatic heterocycles. The van der Waals surface area contributed by atoms with Gasteiger partial charge in [0.1, 0.15) is 4.90 Å². The van der Waals surface area contributed by atoms with Crippen molar-refractivity contribution in [1.82, 2.24) is 9.55 Å². The van der Waals surface area contributed by atoms with Gasteiger partial charge in [-0.05, 0) is 18.6 Å². The van der Waals surface area contributed by atoms with Gasteiger partial charge >= 0.3 is 5.69 Å². The van der Waals surface area contributed by atoms with Crippen LogP contribution in [-0.2, 0) is 16.7 Å². The van der Waals surface area contributed by atoms with Crippen LogP contribution in [0.3, 0.4) is 0 Å². The van der Waals surface area contributed by atoms with Crippen LogP contribution in [0.2, 0.25) is 0 Å². The zero-order valence-corrected chi connectivity index (χ0v) is 11.6. The third-order valence-corrected chi connectivity index (χ3v) is 3.88. The number of hydrogen-bond acceptors (Lipinski definition) is 4. The minimum absolute atomic E-state index is 0.0860. The Morgan fingerprint density at radius 1 is 1.30 bits per heavy atom. The molecule has 0 aliphatic rings. The summed E-state index contributed by atoms with van der Waals surface area (Å²) >= 11 is 0. The maximum atomic E-state index is 12.3. The molecule has 1 heterocycles. The highest BCUT2D eigenvalue weighted by Gasteiger charge is 2.18. The number of benzene rings is 1. The zero-order valence-electron chi connectivity index (χ0n) is 10.8. The molecule has 20 heavy (non-hydrogen) atoms. The topological polar surface area (TPSA) is 109 Å². The molecular formula is C12H14N2O5S. The Balaban J connectivity index is 2.89. The van der Waals surface area contributed by atoms with E-state index in [2.05, 4.69) is 4.98 Å². The fourth-order valence-electron chi connectivity index (χ4n) is 2.00. The Morgan fingerprint density at radius 2 is 2.00 bits per heavy atom. The zero-order chi connectivity index (χ0) is 14.9. The number of aromatic nitrogens is 2. The van der Waals surface area contributed by atoms with Gasteiger partial charge in [-0.1, -0.05) is 19.4 Å². The van der Waals surface area contributed by atoms with Gasteiger partial charge in [-0.2, -0.15) is 8.42 Å². The molecule has 108 valence electrons. The summed E-state index contributed by atoms with van der Waals surface area (Å²) in [5.41, 5.74) is -1.23. The first-order chi connectivity index (χ1) is 9.36. The van der Waals surface area contributed by atoms with E-state index in [1.165, 1.54) is 12.1 Å². The standard InChI is InChI=1S/C12H14N2O5S/c1-2-3-7-14-11(15)10-8(13-12(14)16)5-4-6-9(10)20(17,18)19/h4-6H,2-3,7H2,1H3,(H,13,16)(H,17,18,19). The third kappa shape index (κ3) is 2.52. The fraction of sp³-hybridized carbons (Fsp3) is 0.333. The molecule has 1 aromatic heterocycles. The van der Waals surface area contributed by atoms with Gasteiger partial charge in [0.15, 0.2) is 0 Å². The molecule has 0 unspecified atom stereocenters. The molecular weight excluding hydrogens is 284 g/mol. The van der Waals surface area contributed by atoms with Crippen molar-refractivity contribution in [3.05, 3.63) is 39.0 Å². The number of rotatable bonds is 4. The second-order valence-corrected chi connectivity index (χ2v) is 5.78. The van der Waals surface area contributed by atoms with Crippen molar-refractivity contribution in [1.29, 1.82) is 0 Å². The van der Waals surface area contributed by atoms with E-state index in [1.807, 2.05) is 6.92 Å². The number of nitrogens with zero attached hydrogens (tertiary/aromatic N) is 1. The lowest BCUT2D eigenvalue weighted by Gasteiger charge is -2.07. The average molecular weight is 298 g/mol. The van der Waals surface area contributed by atoms with E-state index in [0.717, 1.165) is 17.1 Å². The van der Waals surface area contributed by atoms with E-state index in [1.54, 1.807) is 0 Å². The van der Waals surface area contributed by atoms with Crippen LogP contribution >= 0.6 is 0 Å². The second kappa shape index (κ2) is 5.22. The molecule has 2 rings (SSSR count). The number of unbranched alkanes of at least 4 members (excludes halogenated alkanes) is 1. The highest BCUT2D eigenvalue weighted by molar-refractivity contribution is 7.86. The molecule has 8 heteroatoms. The molecule has 0 aliphatic carbocycles. The Kier molecular flexibility index (Phi) is 3.78. The summed E-state index contributed by atoms with van der Waals surface area (Å²) in [5, 5.41) is -0.203. The molecule has 2 aromatic rings. The highest BCUT2D eigenvalue weighted by atomic mass is 32.2. The quantitative estimate of drug-likeness (QED) is 0.809. The largest absolute Gasteiger partial charge is 0.328 e. The molecule has 2 N–H and O–H groups in total. The first-order valence-corrected chi connectivity index (χ1v) is 7.53. The molecule has 0 saturated heterocycles. The van der Waals surface area contributed by atoms with Crippen LogP contribution in [0.15, 0.2) is 32.7 Å². The minimum Gasteiger partial charge on any atom is -0.307 e. The third-order valence-electron chi connectivity index (χ3n) is 2.99. The van der Waals surface area contributed by atoms with Crippen molar-refractivity contribution in [2.45, 2.75) is 31.2 Å². The van der Waals surface area contributed by atoms with Crippen molar-refractivity contribution in [3.8, 4) is 0 Å². The smallest absolute Gasteiger partial charge is 0.307 e. The van der Waals surface area contributed by atoms with Gasteiger partial charge in [-0.3, -0.25) is 13.9 Å². The lowest BCUT2D eigenvalue weighted by atomic mass is 10.2. The summed E-state index contributed by atoms with van der Waals surface area (Å²) in [7, 11) is -4.54. The predicted octanol–water partition coefficient (Wildman–Crippen LogP) is 0.737. The molecule has 0 amide bonds.